The molecule has 0 nitrogen and oxygen atoms in total. The summed E-state index contributed by atoms with van der Waals surface area (Å²) in [5.74, 6) is 0.361. The Morgan fingerprint density at radius 3 is 2.18 bits per heavy atom. The van der Waals surface area contributed by atoms with Gasteiger partial charge in [-0.25, -0.2) is 0 Å². The third-order valence-corrected chi connectivity index (χ3v) is 4.70. The predicted octanol–water partition coefficient (Wildman–Crippen LogP) is 6.50. The van der Waals surface area contributed by atoms with Crippen molar-refractivity contribution in [3.63, 3.8) is 0 Å². The van der Waals surface area contributed by atoms with Crippen molar-refractivity contribution in [3.05, 3.63) is 88.1 Å². The molecule has 0 N–H and O–H groups in total. The van der Waals surface area contributed by atoms with Gasteiger partial charge in [-0.05, 0) is 62.5 Å². The summed E-state index contributed by atoms with van der Waals surface area (Å²) in [7, 11) is 0. The summed E-state index contributed by atoms with van der Waals surface area (Å²) in [6.07, 6.45) is 11.1. The van der Waals surface area contributed by atoms with Gasteiger partial charge in [-0.2, -0.15) is 0 Å². The lowest BCUT2D eigenvalue weighted by Gasteiger charge is -2.28. The van der Waals surface area contributed by atoms with E-state index in [1.54, 1.807) is 0 Å². The minimum atomic E-state index is 0.361. The number of benzene rings is 1. The molecule has 0 radical (unpaired) electrons. The molecule has 0 amide bonds. The van der Waals surface area contributed by atoms with E-state index in [1.807, 2.05) is 0 Å². The summed E-state index contributed by atoms with van der Waals surface area (Å²) in [5.41, 5.74) is 8.36. The van der Waals surface area contributed by atoms with Gasteiger partial charge in [0.2, 0.25) is 0 Å². The van der Waals surface area contributed by atoms with E-state index >= 15 is 0 Å². The molecule has 0 heteroatoms. The Morgan fingerprint density at radius 2 is 1.55 bits per heavy atom. The van der Waals surface area contributed by atoms with Crippen LogP contribution in [0.1, 0.15) is 40.2 Å². The summed E-state index contributed by atoms with van der Waals surface area (Å²) in [6.45, 7) is 11.0. The molecule has 0 spiro atoms. The monoisotopic (exact) mass is 290 g/mol. The summed E-state index contributed by atoms with van der Waals surface area (Å²) in [4.78, 5) is 0. The highest BCUT2D eigenvalue weighted by Crippen LogP contribution is 2.39. The van der Waals surface area contributed by atoms with E-state index in [4.69, 9.17) is 0 Å². The van der Waals surface area contributed by atoms with E-state index < -0.39 is 0 Å². The van der Waals surface area contributed by atoms with Crippen LogP contribution in [0.3, 0.4) is 0 Å². The van der Waals surface area contributed by atoms with Gasteiger partial charge in [0.25, 0.3) is 0 Å². The fourth-order valence-corrected chi connectivity index (χ4v) is 2.94. The van der Waals surface area contributed by atoms with Gasteiger partial charge in [-0.15, -0.1) is 0 Å². The lowest BCUT2D eigenvalue weighted by molar-refractivity contribution is 0.855. The maximum Gasteiger partial charge on any atom is 0.0237 e. The molecule has 1 aromatic rings. The molecule has 22 heavy (non-hydrogen) atoms. The molecule has 114 valence electrons. The Labute approximate surface area is 135 Å². The molecule has 1 aromatic carbocycles. The highest BCUT2D eigenvalue weighted by molar-refractivity contribution is 5.59. The van der Waals surface area contributed by atoms with Gasteiger partial charge in [-0.1, -0.05) is 66.3 Å². The average molecular weight is 290 g/mol. The first-order valence-corrected chi connectivity index (χ1v) is 7.98. The van der Waals surface area contributed by atoms with Crippen LogP contribution in [-0.4, -0.2) is 0 Å². The smallest absolute Gasteiger partial charge is 0.0237 e. The van der Waals surface area contributed by atoms with Crippen LogP contribution in [0, 0.1) is 5.92 Å². The highest BCUT2D eigenvalue weighted by Gasteiger charge is 2.23. The number of rotatable bonds is 3. The molecule has 0 aliphatic heterocycles. The van der Waals surface area contributed by atoms with Gasteiger partial charge in [-0.3, -0.25) is 0 Å². The normalized spacial score (nSPS) is 21.7. The first-order chi connectivity index (χ1) is 10.6. The molecule has 1 aliphatic carbocycles. The SMILES string of the molecule is CC=CC=C1C(C)=C(C)C(C)=C(C)C1C=Cc1ccccc1. The van der Waals surface area contributed by atoms with E-state index in [1.165, 1.54) is 33.4 Å². The molecule has 0 saturated heterocycles. The Balaban J connectivity index is 2.44. The molecule has 0 fully saturated rings. The van der Waals surface area contributed by atoms with Crippen LogP contribution in [0.5, 0.6) is 0 Å². The number of hydrogen-bond acceptors (Lipinski definition) is 0. The molecule has 0 saturated carbocycles. The Morgan fingerprint density at radius 1 is 0.864 bits per heavy atom. The zero-order valence-corrected chi connectivity index (χ0v) is 14.4. The fraction of sp³-hybridized carbons (Fsp3) is 0.273. The molecule has 1 atom stereocenters. The minimum absolute atomic E-state index is 0.361. The van der Waals surface area contributed by atoms with E-state index in [9.17, 15) is 0 Å². The van der Waals surface area contributed by atoms with Gasteiger partial charge in [0.05, 0.1) is 0 Å². The topological polar surface area (TPSA) is 0 Å². The quantitative estimate of drug-likeness (QED) is 0.595. The Kier molecular flexibility index (Phi) is 5.38. The molecular formula is C22H26. The molecule has 0 heterocycles. The van der Waals surface area contributed by atoms with Crippen molar-refractivity contribution in [1.82, 2.24) is 0 Å². The minimum Gasteiger partial charge on any atom is -0.0877 e. The average Bonchev–Trinajstić information content (AvgIpc) is 2.55. The van der Waals surface area contributed by atoms with Crippen LogP contribution in [0.4, 0.5) is 0 Å². The van der Waals surface area contributed by atoms with Crippen LogP contribution in [0.2, 0.25) is 0 Å². The van der Waals surface area contributed by atoms with E-state index in [0.717, 1.165) is 0 Å². The van der Waals surface area contributed by atoms with Gasteiger partial charge < -0.3 is 0 Å². The maximum atomic E-state index is 2.33. The second-order valence-corrected chi connectivity index (χ2v) is 5.95. The second-order valence-electron chi connectivity index (χ2n) is 5.95. The predicted molar refractivity (Wildman–Crippen MR) is 98.6 cm³/mol. The zero-order chi connectivity index (χ0) is 16.1. The van der Waals surface area contributed by atoms with Crippen LogP contribution in [0.25, 0.3) is 6.08 Å². The summed E-state index contributed by atoms with van der Waals surface area (Å²) < 4.78 is 0. The first-order valence-electron chi connectivity index (χ1n) is 7.98. The van der Waals surface area contributed by atoms with Gasteiger partial charge in [0, 0.05) is 5.92 Å². The molecular weight excluding hydrogens is 264 g/mol. The number of allylic oxidation sites excluding steroid dienone is 9. The van der Waals surface area contributed by atoms with Crippen molar-refractivity contribution in [2.45, 2.75) is 34.6 Å². The summed E-state index contributed by atoms with van der Waals surface area (Å²) >= 11 is 0. The van der Waals surface area contributed by atoms with Crippen molar-refractivity contribution >= 4 is 6.08 Å². The second kappa shape index (κ2) is 7.26. The zero-order valence-electron chi connectivity index (χ0n) is 14.4. The van der Waals surface area contributed by atoms with Crippen molar-refractivity contribution < 1.29 is 0 Å². The third kappa shape index (κ3) is 3.39. The van der Waals surface area contributed by atoms with E-state index in [0.29, 0.717) is 5.92 Å². The van der Waals surface area contributed by atoms with Gasteiger partial charge >= 0.3 is 0 Å². The van der Waals surface area contributed by atoms with Crippen molar-refractivity contribution in [1.29, 1.82) is 0 Å². The van der Waals surface area contributed by atoms with Gasteiger partial charge in [0.1, 0.15) is 0 Å². The maximum absolute atomic E-state index is 2.33. The molecule has 0 aromatic heterocycles. The summed E-state index contributed by atoms with van der Waals surface area (Å²) in [5, 5.41) is 0. The van der Waals surface area contributed by atoms with Crippen LogP contribution in [-0.2, 0) is 0 Å². The molecule has 2 rings (SSSR count). The van der Waals surface area contributed by atoms with E-state index in [2.05, 4.69) is 95.3 Å². The standard InChI is InChI=1S/C22H26/c1-6-7-13-21-18(4)16(2)17(3)19(5)22(21)15-14-20-11-9-8-10-12-20/h6-15,22H,1-5H3. The van der Waals surface area contributed by atoms with Crippen LogP contribution in [0.15, 0.2) is 82.5 Å². The van der Waals surface area contributed by atoms with Crippen molar-refractivity contribution in [3.8, 4) is 0 Å². The third-order valence-electron chi connectivity index (χ3n) is 4.70. The first kappa shape index (κ1) is 16.3. The lowest BCUT2D eigenvalue weighted by atomic mass is 9.76. The Bertz CT molecular complexity index is 676. The highest BCUT2D eigenvalue weighted by atomic mass is 14.3. The molecule has 1 aliphatic rings. The van der Waals surface area contributed by atoms with Crippen molar-refractivity contribution in [2.75, 3.05) is 0 Å². The fourth-order valence-electron chi connectivity index (χ4n) is 2.94. The van der Waals surface area contributed by atoms with Crippen molar-refractivity contribution in [2.24, 2.45) is 5.92 Å². The van der Waals surface area contributed by atoms with E-state index in [-0.39, 0.29) is 0 Å². The summed E-state index contributed by atoms with van der Waals surface area (Å²) in [6, 6.07) is 10.5. The van der Waals surface area contributed by atoms with Crippen LogP contribution >= 0.6 is 0 Å². The van der Waals surface area contributed by atoms with Gasteiger partial charge in [0.15, 0.2) is 0 Å². The largest absolute Gasteiger partial charge is 0.0877 e. The molecule has 1 unspecified atom stereocenters. The van der Waals surface area contributed by atoms with Crippen LogP contribution < -0.4 is 0 Å². The Hall–Kier alpha value is -2.08. The lowest BCUT2D eigenvalue weighted by Crippen LogP contribution is -2.13. The molecule has 0 bridgehead atoms. The number of hydrogen-bond donors (Lipinski definition) is 0.